The Morgan fingerprint density at radius 2 is 2.44 bits per heavy atom. The number of pyridine rings is 1. The van der Waals surface area contributed by atoms with Crippen LogP contribution in [0.3, 0.4) is 0 Å². The molecule has 0 atom stereocenters. The van der Waals surface area contributed by atoms with E-state index in [-0.39, 0.29) is 0 Å². The first-order chi connectivity index (χ1) is 4.34. The topological polar surface area (TPSA) is 12.9 Å². The monoisotopic (exact) mass is 117 g/mol. The lowest BCUT2D eigenvalue weighted by molar-refractivity contribution is 1.14. The summed E-state index contributed by atoms with van der Waals surface area (Å²) in [5.41, 5.74) is 1.96. The summed E-state index contributed by atoms with van der Waals surface area (Å²) in [5, 5.41) is 0. The van der Waals surface area contributed by atoms with Crippen LogP contribution in [0, 0.1) is 0 Å². The molecule has 0 N–H and O–H groups in total. The Kier molecular flexibility index (Phi) is 1.88. The van der Waals surface area contributed by atoms with Gasteiger partial charge < -0.3 is 0 Å². The molecule has 44 valence electrons. The third-order valence-corrected chi connectivity index (χ3v) is 1.33. The van der Waals surface area contributed by atoms with Gasteiger partial charge in [-0.25, -0.2) is 0 Å². The van der Waals surface area contributed by atoms with Crippen molar-refractivity contribution in [2.24, 2.45) is 0 Å². The summed E-state index contributed by atoms with van der Waals surface area (Å²) in [6.07, 6.45) is 4.42. The zero-order valence-electron chi connectivity index (χ0n) is 5.46. The second-order valence-corrected chi connectivity index (χ2v) is 1.93. The minimum atomic E-state index is 0.792. The highest BCUT2D eigenvalue weighted by Crippen LogP contribution is 1.91. The molecule has 1 aromatic heterocycles. The molecule has 0 aliphatic rings. The summed E-state index contributed by atoms with van der Waals surface area (Å²) in [5.74, 6) is 0. The maximum atomic E-state index is 5.57. The largest absolute Gasteiger partial charge is 0.265 e. The van der Waals surface area contributed by atoms with Gasteiger partial charge >= 0.3 is 0 Å². The van der Waals surface area contributed by atoms with Gasteiger partial charge in [0.05, 0.1) is 0 Å². The van der Waals surface area contributed by atoms with Crippen molar-refractivity contribution in [1.29, 1.82) is 0 Å². The zero-order valence-corrected chi connectivity index (χ0v) is 5.46. The molecule has 0 saturated carbocycles. The summed E-state index contributed by atoms with van der Waals surface area (Å²) in [4.78, 5) is 3.87. The third kappa shape index (κ3) is 1.32. The molecule has 1 aromatic rings. The summed E-state index contributed by atoms with van der Waals surface area (Å²) in [6, 6.07) is 1.94. The fraction of sp³-hybridized carbons (Fsp3) is 0.286. The second kappa shape index (κ2) is 2.67. The van der Waals surface area contributed by atoms with E-state index in [4.69, 9.17) is 7.85 Å². The predicted octanol–water partition coefficient (Wildman–Crippen LogP) is 0.438. The third-order valence-electron chi connectivity index (χ3n) is 1.33. The first-order valence-electron chi connectivity index (χ1n) is 3.03. The van der Waals surface area contributed by atoms with Crippen LogP contribution in [0.15, 0.2) is 18.5 Å². The molecule has 0 unspecified atom stereocenters. The number of aromatic nitrogens is 1. The van der Waals surface area contributed by atoms with E-state index >= 15 is 0 Å². The number of nitrogens with zero attached hydrogens (tertiary/aromatic N) is 1. The fourth-order valence-electron chi connectivity index (χ4n) is 0.757. The maximum absolute atomic E-state index is 5.57. The predicted molar refractivity (Wildman–Crippen MR) is 39.0 cm³/mol. The quantitative estimate of drug-likeness (QED) is 0.486. The number of rotatable bonds is 1. The van der Waals surface area contributed by atoms with Crippen LogP contribution >= 0.6 is 0 Å². The van der Waals surface area contributed by atoms with Gasteiger partial charge in [-0.2, -0.15) is 0 Å². The molecule has 0 aliphatic carbocycles. The number of hydrogen-bond acceptors (Lipinski definition) is 1. The van der Waals surface area contributed by atoms with Crippen molar-refractivity contribution in [1.82, 2.24) is 4.98 Å². The molecule has 1 nitrogen and oxygen atoms in total. The molecule has 2 heteroatoms. The highest BCUT2D eigenvalue weighted by atomic mass is 14.6. The van der Waals surface area contributed by atoms with Crippen LogP contribution < -0.4 is 5.46 Å². The van der Waals surface area contributed by atoms with Crippen LogP contribution in [0.5, 0.6) is 0 Å². The number of hydrogen-bond donors (Lipinski definition) is 0. The van der Waals surface area contributed by atoms with Gasteiger partial charge in [-0.05, 0) is 12.5 Å². The van der Waals surface area contributed by atoms with E-state index in [0.717, 1.165) is 11.9 Å². The van der Waals surface area contributed by atoms with Crippen molar-refractivity contribution < 1.29 is 0 Å². The van der Waals surface area contributed by atoms with Crippen LogP contribution in [0.25, 0.3) is 0 Å². The van der Waals surface area contributed by atoms with E-state index in [1.54, 1.807) is 12.4 Å². The molecule has 0 amide bonds. The molecule has 0 aliphatic heterocycles. The molecule has 2 radical (unpaired) electrons. The molecule has 0 bridgehead atoms. The Bertz CT molecular complexity index is 198. The first kappa shape index (κ1) is 6.34. The van der Waals surface area contributed by atoms with E-state index in [2.05, 4.69) is 11.9 Å². The molecule has 1 heterocycles. The average Bonchev–Trinajstić information content (AvgIpc) is 1.89. The Hall–Kier alpha value is -0.785. The van der Waals surface area contributed by atoms with Gasteiger partial charge in [0.1, 0.15) is 7.85 Å². The Labute approximate surface area is 56.5 Å². The molecular formula is C7H8BN. The van der Waals surface area contributed by atoms with Crippen molar-refractivity contribution in [2.75, 3.05) is 0 Å². The number of aryl methyl sites for hydroxylation is 1. The maximum Gasteiger partial charge on any atom is 0.116 e. The average molecular weight is 117 g/mol. The highest BCUT2D eigenvalue weighted by molar-refractivity contribution is 6.33. The molecule has 1 rings (SSSR count). The fourth-order valence-corrected chi connectivity index (χ4v) is 0.757. The molecule has 0 spiro atoms. The smallest absolute Gasteiger partial charge is 0.116 e. The van der Waals surface area contributed by atoms with E-state index in [1.165, 1.54) is 5.56 Å². The van der Waals surface area contributed by atoms with E-state index in [0.29, 0.717) is 0 Å². The van der Waals surface area contributed by atoms with Crippen molar-refractivity contribution in [3.05, 3.63) is 24.0 Å². The normalized spacial score (nSPS) is 9.44. The lowest BCUT2D eigenvalue weighted by Gasteiger charge is -1.98. The van der Waals surface area contributed by atoms with E-state index < -0.39 is 0 Å². The minimum absolute atomic E-state index is 0.792. The van der Waals surface area contributed by atoms with Crippen LogP contribution in [0.1, 0.15) is 12.5 Å². The molecule has 0 aromatic carbocycles. The first-order valence-corrected chi connectivity index (χ1v) is 3.03. The van der Waals surface area contributed by atoms with Gasteiger partial charge in [-0.15, -0.1) is 0 Å². The van der Waals surface area contributed by atoms with Gasteiger partial charge in [-0.1, -0.05) is 17.9 Å². The van der Waals surface area contributed by atoms with E-state index in [1.807, 2.05) is 6.07 Å². The SMILES string of the molecule is [B]c1cnccc1CC. The van der Waals surface area contributed by atoms with Crippen LogP contribution in [0.4, 0.5) is 0 Å². The summed E-state index contributed by atoms with van der Waals surface area (Å²) in [7, 11) is 5.57. The summed E-state index contributed by atoms with van der Waals surface area (Å²) in [6.45, 7) is 2.08. The van der Waals surface area contributed by atoms with Crippen LogP contribution in [-0.2, 0) is 6.42 Å². The molecular weight excluding hydrogens is 109 g/mol. The van der Waals surface area contributed by atoms with Crippen molar-refractivity contribution in [2.45, 2.75) is 13.3 Å². The van der Waals surface area contributed by atoms with Crippen molar-refractivity contribution in [3.63, 3.8) is 0 Å². The Morgan fingerprint density at radius 1 is 1.67 bits per heavy atom. The van der Waals surface area contributed by atoms with Gasteiger partial charge in [0, 0.05) is 12.4 Å². The standard InChI is InChI=1S/C7H8BN/c1-2-6-3-4-9-5-7(6)8/h3-5H,2H2,1H3. The minimum Gasteiger partial charge on any atom is -0.265 e. The van der Waals surface area contributed by atoms with Crippen LogP contribution in [-0.4, -0.2) is 12.8 Å². The zero-order chi connectivity index (χ0) is 6.69. The van der Waals surface area contributed by atoms with Crippen molar-refractivity contribution >= 4 is 13.3 Å². The highest BCUT2D eigenvalue weighted by Gasteiger charge is 1.90. The Balaban J connectivity index is 3.01. The van der Waals surface area contributed by atoms with Crippen LogP contribution in [0.2, 0.25) is 0 Å². The van der Waals surface area contributed by atoms with E-state index in [9.17, 15) is 0 Å². The summed E-state index contributed by atoms with van der Waals surface area (Å²) >= 11 is 0. The molecule has 0 fully saturated rings. The lowest BCUT2D eigenvalue weighted by atomic mass is 9.92. The second-order valence-electron chi connectivity index (χ2n) is 1.93. The van der Waals surface area contributed by atoms with Crippen molar-refractivity contribution in [3.8, 4) is 0 Å². The van der Waals surface area contributed by atoms with Gasteiger partial charge in [0.2, 0.25) is 0 Å². The Morgan fingerprint density at radius 3 is 2.89 bits per heavy atom. The van der Waals surface area contributed by atoms with Gasteiger partial charge in [0.15, 0.2) is 0 Å². The summed E-state index contributed by atoms with van der Waals surface area (Å²) < 4.78 is 0. The van der Waals surface area contributed by atoms with Gasteiger partial charge in [-0.3, -0.25) is 4.98 Å². The molecule has 0 saturated heterocycles. The molecule has 9 heavy (non-hydrogen) atoms. The van der Waals surface area contributed by atoms with Gasteiger partial charge in [0.25, 0.3) is 0 Å². The lowest BCUT2D eigenvalue weighted by Crippen LogP contribution is -2.09.